The minimum atomic E-state index is -0.547. The number of halogens is 2. The summed E-state index contributed by atoms with van der Waals surface area (Å²) >= 11 is 13.7. The number of aromatic nitrogens is 2. The van der Waals surface area contributed by atoms with Gasteiger partial charge in [-0.1, -0.05) is 61.5 Å². The summed E-state index contributed by atoms with van der Waals surface area (Å²) in [6, 6.07) is 1.66. The summed E-state index contributed by atoms with van der Waals surface area (Å²) < 4.78 is 24.8. The lowest BCUT2D eigenvalue weighted by Crippen LogP contribution is -2.60. The Bertz CT molecular complexity index is 2130. The number of benzene rings is 1. The Morgan fingerprint density at radius 3 is 2.22 bits per heavy atom. The van der Waals surface area contributed by atoms with E-state index in [1.165, 1.54) is 6.08 Å². The quantitative estimate of drug-likeness (QED) is 0.120. The van der Waals surface area contributed by atoms with Gasteiger partial charge in [0.25, 0.3) is 0 Å². The van der Waals surface area contributed by atoms with E-state index in [0.717, 1.165) is 48.5 Å². The molecule has 0 aliphatic carbocycles. The van der Waals surface area contributed by atoms with Crippen LogP contribution in [0.3, 0.4) is 0 Å². The molecule has 1 atom stereocenters. The summed E-state index contributed by atoms with van der Waals surface area (Å²) in [5, 5.41) is 3.72. The Labute approximate surface area is 358 Å². The van der Waals surface area contributed by atoms with Crippen LogP contribution in [0.4, 0.5) is 4.79 Å². The molecule has 3 aliphatic heterocycles. The summed E-state index contributed by atoms with van der Waals surface area (Å²) in [4.78, 5) is 39.0. The molecule has 5 rings (SSSR count). The van der Waals surface area contributed by atoms with Gasteiger partial charge in [-0.05, 0) is 53.5 Å². The van der Waals surface area contributed by atoms with Crippen molar-refractivity contribution < 1.29 is 28.5 Å². The highest BCUT2D eigenvalue weighted by atomic mass is 35.5. The first-order valence-electron chi connectivity index (χ1n) is 19.6. The summed E-state index contributed by atoms with van der Waals surface area (Å²) in [5.41, 5.74) is 4.73. The highest BCUT2D eigenvalue weighted by Gasteiger charge is 2.47. The van der Waals surface area contributed by atoms with Crippen LogP contribution in [0.25, 0.3) is 5.70 Å². The predicted molar refractivity (Wildman–Crippen MR) is 235 cm³/mol. The summed E-state index contributed by atoms with van der Waals surface area (Å²) in [6.45, 7) is 21.9. The minimum Gasteiger partial charge on any atom is -0.496 e. The summed E-state index contributed by atoms with van der Waals surface area (Å²) in [6.07, 6.45) is 16.3. The summed E-state index contributed by atoms with van der Waals surface area (Å²) in [7, 11) is 4.71. The van der Waals surface area contributed by atoms with Crippen LogP contribution in [0, 0.1) is 5.41 Å². The number of ether oxygens (including phenoxy) is 4. The topological polar surface area (TPSA) is 120 Å². The second-order valence-corrected chi connectivity index (χ2v) is 16.6. The van der Waals surface area contributed by atoms with E-state index in [-0.39, 0.29) is 23.3 Å². The molecule has 4 heterocycles. The molecule has 12 nitrogen and oxygen atoms in total. The van der Waals surface area contributed by atoms with Gasteiger partial charge in [0.15, 0.2) is 0 Å². The van der Waals surface area contributed by atoms with Crippen molar-refractivity contribution in [2.45, 2.75) is 72.3 Å². The highest BCUT2D eigenvalue weighted by molar-refractivity contribution is 6.38. The van der Waals surface area contributed by atoms with Gasteiger partial charge in [0.2, 0.25) is 5.91 Å². The molecule has 14 heteroatoms. The number of methoxy groups -OCH3 is 3. The van der Waals surface area contributed by atoms with E-state index in [9.17, 15) is 9.59 Å². The molecule has 1 aromatic carbocycles. The number of nitrogens with one attached hydrogen (secondary N) is 1. The van der Waals surface area contributed by atoms with E-state index in [2.05, 4.69) is 23.4 Å². The van der Waals surface area contributed by atoms with E-state index in [1.54, 1.807) is 50.8 Å². The van der Waals surface area contributed by atoms with E-state index in [1.807, 2.05) is 70.5 Å². The van der Waals surface area contributed by atoms with Crippen LogP contribution < -0.4 is 14.8 Å². The van der Waals surface area contributed by atoms with Crippen LogP contribution in [0.5, 0.6) is 11.5 Å². The minimum absolute atomic E-state index is 0.0350. The fourth-order valence-electron chi connectivity index (χ4n) is 7.71. The van der Waals surface area contributed by atoms with Crippen molar-refractivity contribution in [1.29, 1.82) is 0 Å². The standard InChI is InChI=1S/C45H56Cl2N6O6/c1-12-30-25-49-32(15-16-33(30)53-22-19-48-42(53)28(4)39-40(46)36(57-10)24-37(58-11)41(39)47)31(13-2)35(56-9)23-34(29(5)50-38(54)14-3)52-26-45(27-52)17-20-51(21-18-45)43(55)59-44(6,7)8/h12-15,19,22-25,28H,1,3,16-18,20-21,26-27H2,2,4-11H3,(H,50,54)/b31-13-,34-29-,35-23+. The maximum absolute atomic E-state index is 12.8. The molecule has 2 amide bonds. The second kappa shape index (κ2) is 18.8. The van der Waals surface area contributed by atoms with Crippen molar-refractivity contribution in [1.82, 2.24) is 24.7 Å². The van der Waals surface area contributed by atoms with Crippen LogP contribution in [0.2, 0.25) is 10.0 Å². The van der Waals surface area contributed by atoms with Crippen molar-refractivity contribution in [3.8, 4) is 11.5 Å². The van der Waals surface area contributed by atoms with Crippen LogP contribution in [0.1, 0.15) is 78.1 Å². The largest absolute Gasteiger partial charge is 0.496 e. The molecule has 1 spiro atoms. The van der Waals surface area contributed by atoms with Gasteiger partial charge in [-0.2, -0.15) is 0 Å². The fraction of sp³-hybridized carbons (Fsp3) is 0.422. The van der Waals surface area contributed by atoms with Gasteiger partial charge in [-0.25, -0.2) is 9.78 Å². The third-order valence-corrected chi connectivity index (χ3v) is 11.6. The molecule has 2 aromatic rings. The molecule has 59 heavy (non-hydrogen) atoms. The van der Waals surface area contributed by atoms with E-state index in [0.29, 0.717) is 69.6 Å². The van der Waals surface area contributed by atoms with Crippen molar-refractivity contribution >= 4 is 47.1 Å². The normalized spacial score (nSPS) is 18.0. The van der Waals surface area contributed by atoms with E-state index >= 15 is 0 Å². The zero-order chi connectivity index (χ0) is 43.2. The van der Waals surface area contributed by atoms with Crippen molar-refractivity contribution in [3.63, 3.8) is 0 Å². The molecule has 3 aliphatic rings. The van der Waals surface area contributed by atoms with Crippen LogP contribution in [-0.4, -0.2) is 90.7 Å². The zero-order valence-electron chi connectivity index (χ0n) is 35.6. The number of rotatable bonds is 13. The van der Waals surface area contributed by atoms with Crippen molar-refractivity contribution in [3.05, 3.63) is 117 Å². The Morgan fingerprint density at radius 2 is 1.68 bits per heavy atom. The van der Waals surface area contributed by atoms with Crippen molar-refractivity contribution in [2.75, 3.05) is 47.5 Å². The molecule has 0 bridgehead atoms. The summed E-state index contributed by atoms with van der Waals surface area (Å²) in [5.74, 6) is 1.48. The SMILES string of the molecule is C=CC(=O)N/C(C)=C(/C=C(OC)\C(=C/C)C1=CCC(n2ccnc2C(C)c2c(Cl)c(OC)cc(OC)c2Cl)=C(C=C)C=N1)N1CC2(CCN(C(=O)OC(C)(C)C)CC2)C1. The number of amides is 2. The van der Waals surface area contributed by atoms with E-state index in [4.69, 9.17) is 52.1 Å². The Morgan fingerprint density at radius 1 is 1.03 bits per heavy atom. The fourth-order valence-corrected chi connectivity index (χ4v) is 8.53. The monoisotopic (exact) mass is 846 g/mol. The van der Waals surface area contributed by atoms with Gasteiger partial charge in [-0.3, -0.25) is 9.79 Å². The average Bonchev–Trinajstić information content (AvgIpc) is 3.58. The lowest BCUT2D eigenvalue weighted by atomic mass is 9.71. The van der Waals surface area contributed by atoms with Gasteiger partial charge in [0.05, 0.1) is 42.8 Å². The first-order chi connectivity index (χ1) is 28.0. The first kappa shape index (κ1) is 44.9. The maximum Gasteiger partial charge on any atom is 0.410 e. The molecule has 2 fully saturated rings. The number of allylic oxidation sites excluding steroid dienone is 7. The third kappa shape index (κ3) is 9.82. The molecule has 0 saturated carbocycles. The van der Waals surface area contributed by atoms with Gasteiger partial charge in [0.1, 0.15) is 28.7 Å². The second-order valence-electron chi connectivity index (χ2n) is 15.8. The molecular weight excluding hydrogens is 791 g/mol. The predicted octanol–water partition coefficient (Wildman–Crippen LogP) is 9.46. The number of nitrogens with zero attached hydrogens (tertiary/aromatic N) is 5. The van der Waals surface area contributed by atoms with E-state index < -0.39 is 5.60 Å². The first-order valence-corrected chi connectivity index (χ1v) is 20.3. The molecule has 1 unspecified atom stereocenters. The lowest BCUT2D eigenvalue weighted by Gasteiger charge is -2.55. The maximum atomic E-state index is 12.8. The van der Waals surface area contributed by atoms with Gasteiger partial charge in [-0.15, -0.1) is 0 Å². The van der Waals surface area contributed by atoms with Gasteiger partial charge < -0.3 is 38.6 Å². The van der Waals surface area contributed by atoms with Crippen LogP contribution >= 0.6 is 23.2 Å². The Balaban J connectivity index is 1.43. The molecule has 316 valence electrons. The smallest absolute Gasteiger partial charge is 0.410 e. The number of carbonyl (C=O) groups is 2. The number of piperidine rings is 1. The molecular formula is C45H56Cl2N6O6. The molecule has 1 aromatic heterocycles. The lowest BCUT2D eigenvalue weighted by molar-refractivity contribution is -0.115. The molecule has 2 saturated heterocycles. The Hall–Kier alpha value is -5.20. The number of hydrogen-bond donors (Lipinski definition) is 1. The van der Waals surface area contributed by atoms with Gasteiger partial charge in [0, 0.05) is 103 Å². The van der Waals surface area contributed by atoms with Crippen LogP contribution in [-0.2, 0) is 14.3 Å². The third-order valence-electron chi connectivity index (χ3n) is 10.8. The number of hydrogen-bond acceptors (Lipinski definition) is 9. The van der Waals surface area contributed by atoms with Gasteiger partial charge >= 0.3 is 6.09 Å². The number of imidazole rings is 1. The zero-order valence-corrected chi connectivity index (χ0v) is 37.1. The molecule has 1 N–H and O–H groups in total. The average molecular weight is 848 g/mol. The Kier molecular flexibility index (Phi) is 14.3. The highest BCUT2D eigenvalue weighted by Crippen LogP contribution is 2.46. The molecule has 0 radical (unpaired) electrons. The van der Waals surface area contributed by atoms with Crippen molar-refractivity contribution in [2.24, 2.45) is 10.4 Å². The number of carbonyl (C=O) groups excluding carboxylic acids is 2. The number of aliphatic imine (C=N–C) groups is 1. The number of likely N-dealkylation sites (tertiary alicyclic amines) is 2. The van der Waals surface area contributed by atoms with Crippen LogP contribution in [0.15, 0.2) is 101 Å².